The van der Waals surface area contributed by atoms with Gasteiger partial charge in [-0.05, 0) is 41.5 Å². The molecule has 4 rings (SSSR count). The van der Waals surface area contributed by atoms with Gasteiger partial charge in [-0.15, -0.1) is 0 Å². The Morgan fingerprint density at radius 1 is 0.956 bits per heavy atom. The van der Waals surface area contributed by atoms with Crippen molar-refractivity contribution in [2.45, 2.75) is 25.4 Å². The number of nitrogen functional groups attached to an aromatic ring is 2. The van der Waals surface area contributed by atoms with Crippen LogP contribution < -0.4 is 26.5 Å². The molecular weight excluding hydrogens is 614 g/mol. The van der Waals surface area contributed by atoms with Gasteiger partial charge in [-0.3, -0.25) is 10.2 Å². The normalized spacial score (nSPS) is 11.0. The number of carbonyl (C=O) groups is 3. The minimum atomic E-state index is -5.19. The standard InChI is InChI=1S/C24H24N6O.2C2HF3O2/c1-29-9-7-16(8-10-29)14-28-24(31)22-13-19-12-20(25)5-6-21(19)30(22)15-17-3-2-4-18(11-17)23(26)27;2*3-2(4,5)1(6)7/h2-13H,14-15,25H2,1H3,(H3-,26,27,28,31);2*(H,6,7). The number of pyridine rings is 1. The summed E-state index contributed by atoms with van der Waals surface area (Å²) in [6.45, 7) is 0.904. The number of benzene rings is 2. The number of anilines is 1. The van der Waals surface area contributed by atoms with Crippen LogP contribution in [0.15, 0.2) is 73.1 Å². The van der Waals surface area contributed by atoms with Gasteiger partial charge in [-0.25, -0.2) is 9.36 Å². The number of aryl methyl sites for hydroxylation is 1. The van der Waals surface area contributed by atoms with Gasteiger partial charge >= 0.3 is 18.3 Å². The molecule has 1 amide bonds. The van der Waals surface area contributed by atoms with Crippen molar-refractivity contribution in [2.75, 3.05) is 5.73 Å². The molecule has 0 spiro atoms. The van der Waals surface area contributed by atoms with Crippen molar-refractivity contribution in [1.82, 2.24) is 9.88 Å². The third-order valence-electron chi connectivity index (χ3n) is 5.71. The van der Waals surface area contributed by atoms with Crippen LogP contribution in [0, 0.1) is 5.41 Å². The van der Waals surface area contributed by atoms with Crippen LogP contribution in [0.25, 0.3) is 10.9 Å². The fourth-order valence-electron chi connectivity index (χ4n) is 3.59. The van der Waals surface area contributed by atoms with E-state index in [4.69, 9.17) is 36.7 Å². The number of rotatable bonds is 6. The number of halogens is 6. The van der Waals surface area contributed by atoms with E-state index in [-0.39, 0.29) is 11.7 Å². The number of hydrogen-bond acceptors (Lipinski definition) is 6. The Labute approximate surface area is 250 Å². The molecule has 0 aliphatic carbocycles. The first kappa shape index (κ1) is 35.6. The zero-order valence-electron chi connectivity index (χ0n) is 23.2. The molecule has 7 N–H and O–H groups in total. The van der Waals surface area contributed by atoms with Gasteiger partial charge in [0.15, 0.2) is 12.4 Å². The molecule has 45 heavy (non-hydrogen) atoms. The fraction of sp³-hybridized carbons (Fsp3) is 0.179. The third-order valence-corrected chi connectivity index (χ3v) is 5.71. The largest absolute Gasteiger partial charge is 0.542 e. The molecule has 0 saturated carbocycles. The number of aromatic nitrogens is 2. The molecule has 0 bridgehead atoms. The maximum Gasteiger partial charge on any atom is 0.490 e. The molecule has 240 valence electrons. The minimum absolute atomic E-state index is 0.0150. The van der Waals surface area contributed by atoms with Crippen LogP contribution in [0.1, 0.15) is 27.2 Å². The van der Waals surface area contributed by atoms with Crippen LogP contribution in [-0.2, 0) is 29.7 Å². The van der Waals surface area contributed by atoms with E-state index in [1.54, 1.807) is 6.07 Å². The van der Waals surface area contributed by atoms with Gasteiger partial charge in [0.1, 0.15) is 24.5 Å². The Balaban J connectivity index is 0.000000421. The summed E-state index contributed by atoms with van der Waals surface area (Å²) in [7, 11) is 1.95. The van der Waals surface area contributed by atoms with E-state index in [1.807, 2.05) is 83.2 Å². The Bertz CT molecular complexity index is 1660. The number of aliphatic carboxylic acids is 2. The summed E-state index contributed by atoms with van der Waals surface area (Å²) in [5.41, 5.74) is 16.3. The Morgan fingerprint density at radius 2 is 1.53 bits per heavy atom. The second-order valence-corrected chi connectivity index (χ2v) is 9.19. The predicted molar refractivity (Wildman–Crippen MR) is 146 cm³/mol. The summed E-state index contributed by atoms with van der Waals surface area (Å²) in [6, 6.07) is 18.9. The number of amidine groups is 1. The van der Waals surface area contributed by atoms with Gasteiger partial charge in [0.2, 0.25) is 0 Å². The molecule has 17 heteroatoms. The quantitative estimate of drug-likeness (QED) is 0.0702. The highest BCUT2D eigenvalue weighted by Crippen LogP contribution is 2.24. The smallest absolute Gasteiger partial charge is 0.490 e. The summed E-state index contributed by atoms with van der Waals surface area (Å²) in [6.07, 6.45) is -6.38. The van der Waals surface area contributed by atoms with Crippen LogP contribution in [0.3, 0.4) is 0 Å². The molecule has 0 saturated heterocycles. The van der Waals surface area contributed by atoms with Crippen LogP contribution in [0.4, 0.5) is 32.0 Å². The molecule has 4 aromatic rings. The highest BCUT2D eigenvalue weighted by molar-refractivity contribution is 5.99. The predicted octanol–water partition coefficient (Wildman–Crippen LogP) is 2.24. The average molecular weight is 641 g/mol. The van der Waals surface area contributed by atoms with Crippen molar-refractivity contribution < 1.29 is 55.5 Å². The van der Waals surface area contributed by atoms with Gasteiger partial charge in [-0.2, -0.15) is 26.3 Å². The third kappa shape index (κ3) is 10.9. The summed E-state index contributed by atoms with van der Waals surface area (Å²) < 4.78 is 67.2. The van der Waals surface area contributed by atoms with E-state index in [9.17, 15) is 31.1 Å². The van der Waals surface area contributed by atoms with E-state index < -0.39 is 24.3 Å². The first-order valence-electron chi connectivity index (χ1n) is 12.4. The zero-order valence-corrected chi connectivity index (χ0v) is 23.2. The number of alkyl halides is 6. The lowest BCUT2D eigenvalue weighted by Gasteiger charge is -2.12. The first-order valence-corrected chi connectivity index (χ1v) is 12.4. The Kier molecular flexibility index (Phi) is 11.6. The van der Waals surface area contributed by atoms with Crippen LogP contribution >= 0.6 is 0 Å². The van der Waals surface area contributed by atoms with Crippen molar-refractivity contribution in [1.29, 1.82) is 5.41 Å². The fourth-order valence-corrected chi connectivity index (χ4v) is 3.59. The second kappa shape index (κ2) is 14.7. The number of nitrogens with one attached hydrogen (secondary N) is 2. The lowest BCUT2D eigenvalue weighted by atomic mass is 10.1. The van der Waals surface area contributed by atoms with E-state index in [0.717, 1.165) is 22.0 Å². The molecule has 0 aliphatic heterocycles. The van der Waals surface area contributed by atoms with Gasteiger partial charge in [-0.1, -0.05) is 18.2 Å². The summed E-state index contributed by atoms with van der Waals surface area (Å²) in [5, 5.41) is 27.5. The van der Waals surface area contributed by atoms with Crippen molar-refractivity contribution in [3.63, 3.8) is 0 Å². The van der Waals surface area contributed by atoms with E-state index in [1.165, 1.54) is 0 Å². The van der Waals surface area contributed by atoms with Gasteiger partial charge in [0.25, 0.3) is 5.91 Å². The first-order chi connectivity index (χ1) is 20.8. The topological polar surface area (TPSA) is 191 Å². The van der Waals surface area contributed by atoms with E-state index in [2.05, 4.69) is 5.32 Å². The molecule has 2 heterocycles. The number of carboxylic acids is 2. The molecular formula is C28H26F6N6O5. The maximum atomic E-state index is 13.1. The Morgan fingerprint density at radius 3 is 2.04 bits per heavy atom. The van der Waals surface area contributed by atoms with Gasteiger partial charge in [0.05, 0.1) is 0 Å². The summed E-state index contributed by atoms with van der Waals surface area (Å²) in [4.78, 5) is 30.8. The molecule has 0 atom stereocenters. The molecule has 0 aliphatic rings. The van der Waals surface area contributed by atoms with Crippen LogP contribution in [-0.4, -0.2) is 45.7 Å². The molecule has 2 aromatic carbocycles. The minimum Gasteiger partial charge on any atom is -0.542 e. The van der Waals surface area contributed by atoms with Crippen molar-refractivity contribution >= 4 is 40.3 Å². The summed E-state index contributed by atoms with van der Waals surface area (Å²) in [5.74, 6) is -5.91. The van der Waals surface area contributed by atoms with Crippen LogP contribution in [0.2, 0.25) is 0 Å². The van der Waals surface area contributed by atoms with E-state index >= 15 is 0 Å². The average Bonchev–Trinajstić information content (AvgIpc) is 3.29. The molecule has 0 fully saturated rings. The molecule has 0 radical (unpaired) electrons. The zero-order chi connectivity index (χ0) is 34.1. The van der Waals surface area contributed by atoms with Gasteiger partial charge in [0, 0.05) is 47.4 Å². The van der Waals surface area contributed by atoms with Crippen molar-refractivity contribution in [3.8, 4) is 0 Å². The summed E-state index contributed by atoms with van der Waals surface area (Å²) >= 11 is 0. The number of nitrogens with two attached hydrogens (primary N) is 2. The monoisotopic (exact) mass is 640 g/mol. The number of hydrogen-bond donors (Lipinski definition) is 5. The number of carboxylic acid groups (broad SMARTS) is 2. The van der Waals surface area contributed by atoms with Crippen molar-refractivity contribution in [3.05, 3.63) is 95.4 Å². The van der Waals surface area contributed by atoms with E-state index in [0.29, 0.717) is 30.0 Å². The Hall–Kier alpha value is -5.61. The maximum absolute atomic E-state index is 13.1. The second-order valence-electron chi connectivity index (χ2n) is 9.19. The molecule has 2 aromatic heterocycles. The number of carbonyl (C=O) groups excluding carboxylic acids is 2. The number of amides is 1. The lowest BCUT2D eigenvalue weighted by molar-refractivity contribution is -0.671. The lowest BCUT2D eigenvalue weighted by Crippen LogP contribution is -2.37. The van der Waals surface area contributed by atoms with Gasteiger partial charge < -0.3 is 36.4 Å². The highest BCUT2D eigenvalue weighted by Gasteiger charge is 2.38. The number of nitrogens with zero attached hydrogens (tertiary/aromatic N) is 2. The number of fused-ring (bicyclic) bond motifs is 1. The molecule has 11 nitrogen and oxygen atoms in total. The van der Waals surface area contributed by atoms with Crippen LogP contribution in [0.5, 0.6) is 0 Å². The highest BCUT2D eigenvalue weighted by atomic mass is 19.4. The van der Waals surface area contributed by atoms with Crippen molar-refractivity contribution in [2.24, 2.45) is 12.8 Å². The molecule has 0 unspecified atom stereocenters. The SMILES string of the molecule is C[n+]1ccc(CNC(=O)c2cc3cc(N)ccc3n2Cc2cccc(C(=N)N)c2)cc1.O=C(O)C(F)(F)F.O=C([O-])C(F)(F)F.